The third kappa shape index (κ3) is 2.23. The lowest BCUT2D eigenvalue weighted by Crippen LogP contribution is -2.20. The lowest BCUT2D eigenvalue weighted by atomic mass is 10.1. The summed E-state index contributed by atoms with van der Waals surface area (Å²) in [5.74, 6) is -1.36. The topological polar surface area (TPSA) is 101 Å². The molecule has 3 rings (SSSR count). The van der Waals surface area contributed by atoms with Crippen LogP contribution in [0.1, 0.15) is 31.1 Å². The zero-order valence-electron chi connectivity index (χ0n) is 10.8. The van der Waals surface area contributed by atoms with E-state index < -0.39 is 11.8 Å². The molecule has 0 bridgehead atoms. The summed E-state index contributed by atoms with van der Waals surface area (Å²) in [5, 5.41) is 4.82. The molecule has 3 amide bonds. The van der Waals surface area contributed by atoms with Crippen LogP contribution in [0.2, 0.25) is 0 Å². The van der Waals surface area contributed by atoms with Gasteiger partial charge in [-0.25, -0.2) is 0 Å². The van der Waals surface area contributed by atoms with Gasteiger partial charge in [0, 0.05) is 16.9 Å². The Bertz CT molecular complexity index is 769. The van der Waals surface area contributed by atoms with Crippen molar-refractivity contribution in [2.45, 2.75) is 0 Å². The van der Waals surface area contributed by atoms with Crippen LogP contribution in [-0.2, 0) is 0 Å². The van der Waals surface area contributed by atoms with Gasteiger partial charge in [-0.05, 0) is 24.3 Å². The first-order valence-corrected chi connectivity index (χ1v) is 6.22. The zero-order valence-corrected chi connectivity index (χ0v) is 10.8. The highest BCUT2D eigenvalue weighted by atomic mass is 16.2. The van der Waals surface area contributed by atoms with E-state index >= 15 is 0 Å². The maximum atomic E-state index is 12.1. The lowest BCUT2D eigenvalue weighted by molar-refractivity contribution is 0.0879. The van der Waals surface area contributed by atoms with Crippen LogP contribution in [0, 0.1) is 0 Å². The largest absolute Gasteiger partial charge is 0.398 e. The molecule has 21 heavy (non-hydrogen) atoms. The molecule has 1 aliphatic heterocycles. The van der Waals surface area contributed by atoms with Crippen LogP contribution in [0.4, 0.5) is 11.4 Å². The second-order valence-electron chi connectivity index (χ2n) is 4.59. The number of hydrogen-bond donors (Lipinski definition) is 3. The summed E-state index contributed by atoms with van der Waals surface area (Å²) in [6.07, 6.45) is 0. The molecule has 0 saturated heterocycles. The number of nitrogens with two attached hydrogens (primary N) is 1. The monoisotopic (exact) mass is 281 g/mol. The number of imide groups is 1. The molecule has 2 aromatic carbocycles. The number of nitrogens with one attached hydrogen (secondary N) is 2. The third-order valence-corrected chi connectivity index (χ3v) is 3.16. The number of anilines is 2. The molecular weight excluding hydrogens is 270 g/mol. The molecule has 0 aliphatic carbocycles. The van der Waals surface area contributed by atoms with E-state index in [1.807, 2.05) is 0 Å². The van der Waals surface area contributed by atoms with Crippen molar-refractivity contribution in [3.8, 4) is 0 Å². The maximum Gasteiger partial charge on any atom is 0.261 e. The van der Waals surface area contributed by atoms with Gasteiger partial charge in [-0.3, -0.25) is 19.7 Å². The van der Waals surface area contributed by atoms with Gasteiger partial charge in [0.1, 0.15) is 0 Å². The average molecular weight is 281 g/mol. The Morgan fingerprint density at radius 3 is 2.48 bits per heavy atom. The Labute approximate surface area is 120 Å². The fourth-order valence-electron chi connectivity index (χ4n) is 2.19. The molecule has 6 nitrogen and oxygen atoms in total. The van der Waals surface area contributed by atoms with Gasteiger partial charge in [0.15, 0.2) is 0 Å². The SMILES string of the molecule is Nc1cc(NC(=O)c2ccccc2)cc2c1C(=O)NC2=O. The Kier molecular flexibility index (Phi) is 2.91. The van der Waals surface area contributed by atoms with Crippen molar-refractivity contribution >= 4 is 29.1 Å². The molecule has 0 aromatic heterocycles. The van der Waals surface area contributed by atoms with E-state index in [1.54, 1.807) is 30.3 Å². The summed E-state index contributed by atoms with van der Waals surface area (Å²) >= 11 is 0. The number of amides is 3. The predicted octanol–water partition coefficient (Wildman–Crippen LogP) is 1.40. The van der Waals surface area contributed by atoms with E-state index in [0.29, 0.717) is 11.3 Å². The van der Waals surface area contributed by atoms with E-state index in [2.05, 4.69) is 10.6 Å². The van der Waals surface area contributed by atoms with Crippen molar-refractivity contribution in [2.24, 2.45) is 0 Å². The first kappa shape index (κ1) is 12.9. The normalized spacial score (nSPS) is 12.8. The Morgan fingerprint density at radius 2 is 1.76 bits per heavy atom. The highest BCUT2D eigenvalue weighted by Gasteiger charge is 2.29. The van der Waals surface area contributed by atoms with Gasteiger partial charge in [0.2, 0.25) is 0 Å². The first-order chi connectivity index (χ1) is 10.1. The van der Waals surface area contributed by atoms with Crippen molar-refractivity contribution in [3.63, 3.8) is 0 Å². The molecule has 0 fully saturated rings. The summed E-state index contributed by atoms with van der Waals surface area (Å²) in [4.78, 5) is 35.2. The molecule has 6 heteroatoms. The molecule has 2 aromatic rings. The zero-order chi connectivity index (χ0) is 15.0. The fraction of sp³-hybridized carbons (Fsp3) is 0. The summed E-state index contributed by atoms with van der Waals surface area (Å²) in [6.45, 7) is 0. The van der Waals surface area contributed by atoms with E-state index in [4.69, 9.17) is 5.73 Å². The third-order valence-electron chi connectivity index (χ3n) is 3.16. The number of carbonyl (C=O) groups excluding carboxylic acids is 3. The second-order valence-corrected chi connectivity index (χ2v) is 4.59. The summed E-state index contributed by atoms with van der Waals surface area (Å²) < 4.78 is 0. The lowest BCUT2D eigenvalue weighted by Gasteiger charge is -2.08. The minimum absolute atomic E-state index is 0.151. The molecule has 104 valence electrons. The molecule has 4 N–H and O–H groups in total. The van der Waals surface area contributed by atoms with Gasteiger partial charge in [-0.2, -0.15) is 0 Å². The molecule has 0 spiro atoms. The minimum atomic E-state index is -0.520. The number of nitrogen functional groups attached to an aromatic ring is 1. The van der Waals surface area contributed by atoms with E-state index in [9.17, 15) is 14.4 Å². The van der Waals surface area contributed by atoms with Crippen molar-refractivity contribution < 1.29 is 14.4 Å². The van der Waals surface area contributed by atoms with Gasteiger partial charge in [0.25, 0.3) is 17.7 Å². The molecule has 1 aliphatic rings. The van der Waals surface area contributed by atoms with Gasteiger partial charge >= 0.3 is 0 Å². The van der Waals surface area contributed by atoms with Crippen LogP contribution in [0.15, 0.2) is 42.5 Å². The Hall–Kier alpha value is -3.15. The number of rotatable bonds is 2. The molecule has 0 saturated carbocycles. The number of fused-ring (bicyclic) bond motifs is 1. The van der Waals surface area contributed by atoms with Gasteiger partial charge in [0.05, 0.1) is 11.1 Å². The molecule has 0 unspecified atom stereocenters. The van der Waals surface area contributed by atoms with Crippen LogP contribution >= 0.6 is 0 Å². The van der Waals surface area contributed by atoms with E-state index in [1.165, 1.54) is 12.1 Å². The average Bonchev–Trinajstić information content (AvgIpc) is 2.75. The predicted molar refractivity (Wildman–Crippen MR) is 77.0 cm³/mol. The minimum Gasteiger partial charge on any atom is -0.398 e. The molecule has 0 radical (unpaired) electrons. The van der Waals surface area contributed by atoms with Crippen molar-refractivity contribution in [1.82, 2.24) is 5.32 Å². The highest BCUT2D eigenvalue weighted by Crippen LogP contribution is 2.27. The van der Waals surface area contributed by atoms with Crippen LogP contribution < -0.4 is 16.4 Å². The van der Waals surface area contributed by atoms with E-state index in [-0.39, 0.29) is 22.7 Å². The van der Waals surface area contributed by atoms with Gasteiger partial charge in [-0.15, -0.1) is 0 Å². The Morgan fingerprint density at radius 1 is 1.05 bits per heavy atom. The molecule has 0 atom stereocenters. The smallest absolute Gasteiger partial charge is 0.261 e. The van der Waals surface area contributed by atoms with E-state index in [0.717, 1.165) is 0 Å². The number of benzene rings is 2. The van der Waals surface area contributed by atoms with Crippen molar-refractivity contribution in [3.05, 3.63) is 59.2 Å². The standard InChI is InChI=1S/C15H11N3O3/c16-11-7-9(6-10-12(11)15(21)18-14(10)20)17-13(19)8-4-2-1-3-5-8/h1-7H,16H2,(H,17,19)(H,18,20,21). The summed E-state index contributed by atoms with van der Waals surface area (Å²) in [5.41, 5.74) is 7.10. The Balaban J connectivity index is 1.93. The first-order valence-electron chi connectivity index (χ1n) is 6.22. The number of carbonyl (C=O) groups is 3. The highest BCUT2D eigenvalue weighted by molar-refractivity contribution is 6.24. The van der Waals surface area contributed by atoms with Crippen LogP contribution in [-0.4, -0.2) is 17.7 Å². The molecular formula is C15H11N3O3. The van der Waals surface area contributed by atoms with Crippen LogP contribution in [0.5, 0.6) is 0 Å². The number of hydrogen-bond acceptors (Lipinski definition) is 4. The molecule has 1 heterocycles. The second kappa shape index (κ2) is 4.75. The van der Waals surface area contributed by atoms with Crippen molar-refractivity contribution in [1.29, 1.82) is 0 Å². The quantitative estimate of drug-likeness (QED) is 0.572. The summed E-state index contributed by atoms with van der Waals surface area (Å²) in [6, 6.07) is 11.5. The van der Waals surface area contributed by atoms with Gasteiger partial charge < -0.3 is 11.1 Å². The fourth-order valence-corrected chi connectivity index (χ4v) is 2.19. The maximum absolute atomic E-state index is 12.1. The van der Waals surface area contributed by atoms with Crippen LogP contribution in [0.3, 0.4) is 0 Å². The van der Waals surface area contributed by atoms with Crippen LogP contribution in [0.25, 0.3) is 0 Å². The van der Waals surface area contributed by atoms with Gasteiger partial charge in [-0.1, -0.05) is 18.2 Å². The van der Waals surface area contributed by atoms with Crippen molar-refractivity contribution in [2.75, 3.05) is 11.1 Å². The summed E-state index contributed by atoms with van der Waals surface area (Å²) in [7, 11) is 0.